The van der Waals surface area contributed by atoms with E-state index in [9.17, 15) is 4.79 Å². The Bertz CT molecular complexity index is 543. The molecular weight excluding hydrogens is 226 g/mol. The van der Waals surface area contributed by atoms with Gasteiger partial charge in [0.15, 0.2) is 0 Å². The second-order valence-electron chi connectivity index (χ2n) is 5.29. The molecule has 3 rings (SSSR count). The summed E-state index contributed by atoms with van der Waals surface area (Å²) < 4.78 is 5.44. The zero-order chi connectivity index (χ0) is 12.8. The van der Waals surface area contributed by atoms with Crippen LogP contribution in [0, 0.1) is 11.3 Å². The smallest absolute Gasteiger partial charge is 0.312 e. The maximum absolute atomic E-state index is 11.9. The number of pyridine rings is 1. The van der Waals surface area contributed by atoms with Gasteiger partial charge >= 0.3 is 5.97 Å². The zero-order valence-corrected chi connectivity index (χ0v) is 10.5. The van der Waals surface area contributed by atoms with Gasteiger partial charge in [0.05, 0.1) is 11.1 Å². The van der Waals surface area contributed by atoms with E-state index in [2.05, 4.69) is 4.98 Å². The minimum absolute atomic E-state index is 0.0462. The van der Waals surface area contributed by atoms with Crippen molar-refractivity contribution in [1.82, 2.24) is 4.98 Å². The summed E-state index contributed by atoms with van der Waals surface area (Å²) in [6.07, 6.45) is 7.54. The largest absolute Gasteiger partial charge is 0.457 e. The number of nitrogens with zero attached hydrogens (tertiary/aromatic N) is 1. The van der Waals surface area contributed by atoms with Crippen LogP contribution >= 0.6 is 0 Å². The van der Waals surface area contributed by atoms with Gasteiger partial charge in [0.2, 0.25) is 0 Å². The lowest BCUT2D eigenvalue weighted by atomic mass is 9.71. The van der Waals surface area contributed by atoms with Crippen LogP contribution in [0.5, 0.6) is 0 Å². The van der Waals surface area contributed by atoms with Gasteiger partial charge in [0.25, 0.3) is 0 Å². The van der Waals surface area contributed by atoms with Crippen LogP contribution in [-0.4, -0.2) is 17.1 Å². The Morgan fingerprint density at radius 1 is 1.33 bits per heavy atom. The van der Waals surface area contributed by atoms with Crippen molar-refractivity contribution in [3.8, 4) is 0 Å². The highest BCUT2D eigenvalue weighted by molar-refractivity contribution is 5.85. The minimum atomic E-state index is -0.501. The molecule has 0 N–H and O–H groups in total. The highest BCUT2D eigenvalue weighted by Crippen LogP contribution is 2.48. The van der Waals surface area contributed by atoms with E-state index in [0.29, 0.717) is 0 Å². The molecule has 0 saturated carbocycles. The van der Waals surface area contributed by atoms with Crippen molar-refractivity contribution in [2.24, 2.45) is 11.3 Å². The molecule has 18 heavy (non-hydrogen) atoms. The molecule has 3 nitrogen and oxygen atoms in total. The quantitative estimate of drug-likeness (QED) is 0.709. The van der Waals surface area contributed by atoms with E-state index in [0.717, 1.165) is 11.3 Å². The molecule has 0 unspecified atom stereocenters. The van der Waals surface area contributed by atoms with Gasteiger partial charge in [-0.2, -0.15) is 0 Å². The number of aromatic nitrogens is 1. The second kappa shape index (κ2) is 3.80. The van der Waals surface area contributed by atoms with E-state index in [4.69, 9.17) is 4.74 Å². The van der Waals surface area contributed by atoms with Gasteiger partial charge in [-0.25, -0.2) is 0 Å². The van der Waals surface area contributed by atoms with Crippen LogP contribution in [0.3, 0.4) is 0 Å². The molecule has 0 spiro atoms. The van der Waals surface area contributed by atoms with Crippen LogP contribution in [0.25, 0.3) is 5.57 Å². The molecule has 2 heterocycles. The Hall–Kier alpha value is -1.90. The van der Waals surface area contributed by atoms with E-state index < -0.39 is 5.41 Å². The summed E-state index contributed by atoms with van der Waals surface area (Å²) in [5.74, 6) is -0.0872. The summed E-state index contributed by atoms with van der Waals surface area (Å²) in [5.41, 5.74) is 1.50. The van der Waals surface area contributed by atoms with Crippen LogP contribution in [0.1, 0.15) is 19.5 Å². The Morgan fingerprint density at radius 3 is 2.89 bits per heavy atom. The monoisotopic (exact) mass is 241 g/mol. The lowest BCUT2D eigenvalue weighted by Crippen LogP contribution is -2.30. The molecular formula is C15H15NO2. The van der Waals surface area contributed by atoms with Crippen LogP contribution in [0.4, 0.5) is 0 Å². The summed E-state index contributed by atoms with van der Waals surface area (Å²) in [6.45, 7) is 3.88. The van der Waals surface area contributed by atoms with E-state index in [1.807, 2.05) is 50.3 Å². The van der Waals surface area contributed by atoms with Crippen LogP contribution < -0.4 is 0 Å². The first-order chi connectivity index (χ1) is 8.60. The molecule has 1 aliphatic heterocycles. The third-order valence-electron chi connectivity index (χ3n) is 3.75. The Kier molecular flexibility index (Phi) is 2.37. The number of esters is 1. The number of hydrogen-bond donors (Lipinski definition) is 0. The predicted octanol–water partition coefficient (Wildman–Crippen LogP) is 2.60. The fourth-order valence-electron chi connectivity index (χ4n) is 2.75. The van der Waals surface area contributed by atoms with Crippen molar-refractivity contribution in [3.63, 3.8) is 0 Å². The maximum atomic E-state index is 11.9. The van der Waals surface area contributed by atoms with Crippen molar-refractivity contribution < 1.29 is 9.53 Å². The van der Waals surface area contributed by atoms with Gasteiger partial charge in [-0.1, -0.05) is 18.2 Å². The molecule has 2 aliphatic rings. The predicted molar refractivity (Wildman–Crippen MR) is 68.5 cm³/mol. The molecule has 3 heteroatoms. The number of rotatable bonds is 1. The van der Waals surface area contributed by atoms with E-state index >= 15 is 0 Å². The number of fused-ring (bicyclic) bond motifs is 1. The standard InChI is InChI=1S/C15H15NO2/c1-15(2)13-10(11-7-3-4-9-16-11)6-5-8-12(13)18-14(15)17/h3-9,12-13H,1-2H3/t12-,13+/m0/s1. The number of carbonyl (C=O) groups excluding carboxylic acids is 1. The summed E-state index contributed by atoms with van der Waals surface area (Å²) in [7, 11) is 0. The highest BCUT2D eigenvalue weighted by Gasteiger charge is 2.52. The van der Waals surface area contributed by atoms with Crippen LogP contribution in [0.15, 0.2) is 42.6 Å². The fourth-order valence-corrected chi connectivity index (χ4v) is 2.75. The second-order valence-corrected chi connectivity index (χ2v) is 5.29. The van der Waals surface area contributed by atoms with Gasteiger partial charge in [-0.15, -0.1) is 0 Å². The molecule has 1 fully saturated rings. The van der Waals surface area contributed by atoms with Gasteiger partial charge in [-0.05, 0) is 37.6 Å². The fraction of sp³-hybridized carbons (Fsp3) is 0.333. The number of ether oxygens (including phenoxy) is 1. The summed E-state index contributed by atoms with van der Waals surface area (Å²) in [6, 6.07) is 5.82. The van der Waals surface area contributed by atoms with Crippen molar-refractivity contribution in [1.29, 1.82) is 0 Å². The molecule has 1 aromatic rings. The molecule has 1 saturated heterocycles. The van der Waals surface area contributed by atoms with Crippen molar-refractivity contribution in [2.45, 2.75) is 20.0 Å². The first kappa shape index (κ1) is 11.2. The average molecular weight is 241 g/mol. The van der Waals surface area contributed by atoms with Crippen molar-refractivity contribution >= 4 is 11.5 Å². The van der Waals surface area contributed by atoms with Gasteiger partial charge in [0.1, 0.15) is 6.10 Å². The maximum Gasteiger partial charge on any atom is 0.312 e. The summed E-state index contributed by atoms with van der Waals surface area (Å²) in [4.78, 5) is 16.3. The Balaban J connectivity index is 2.08. The molecule has 1 aliphatic carbocycles. The van der Waals surface area contributed by atoms with Gasteiger partial charge in [-0.3, -0.25) is 9.78 Å². The lowest BCUT2D eigenvalue weighted by molar-refractivity contribution is -0.146. The Labute approximate surface area is 106 Å². The molecule has 1 aromatic heterocycles. The first-order valence-electron chi connectivity index (χ1n) is 6.11. The number of carbonyl (C=O) groups is 1. The van der Waals surface area contributed by atoms with Crippen molar-refractivity contribution in [3.05, 3.63) is 48.3 Å². The summed E-state index contributed by atoms with van der Waals surface area (Å²) in [5, 5.41) is 0. The third-order valence-corrected chi connectivity index (χ3v) is 3.75. The topological polar surface area (TPSA) is 39.2 Å². The lowest BCUT2D eigenvalue weighted by Gasteiger charge is -2.28. The minimum Gasteiger partial charge on any atom is -0.457 e. The van der Waals surface area contributed by atoms with E-state index in [-0.39, 0.29) is 18.0 Å². The molecule has 0 amide bonds. The SMILES string of the molecule is CC1(C)C(=O)O[C@H]2C=CC=C(c3ccccn3)[C@H]21. The molecule has 0 radical (unpaired) electrons. The van der Waals surface area contributed by atoms with Crippen LogP contribution in [0.2, 0.25) is 0 Å². The van der Waals surface area contributed by atoms with Crippen molar-refractivity contribution in [2.75, 3.05) is 0 Å². The normalized spacial score (nSPS) is 28.6. The van der Waals surface area contributed by atoms with Gasteiger partial charge < -0.3 is 4.74 Å². The number of hydrogen-bond acceptors (Lipinski definition) is 3. The highest BCUT2D eigenvalue weighted by atomic mass is 16.6. The zero-order valence-electron chi connectivity index (χ0n) is 10.5. The first-order valence-corrected chi connectivity index (χ1v) is 6.11. The molecule has 92 valence electrons. The van der Waals surface area contributed by atoms with Crippen LogP contribution in [-0.2, 0) is 9.53 Å². The average Bonchev–Trinajstić information content (AvgIpc) is 2.61. The van der Waals surface area contributed by atoms with Gasteiger partial charge in [0, 0.05) is 12.1 Å². The molecule has 0 bridgehead atoms. The number of allylic oxidation sites excluding steroid dienone is 2. The Morgan fingerprint density at radius 2 is 2.17 bits per heavy atom. The molecule has 0 aromatic carbocycles. The van der Waals surface area contributed by atoms with E-state index in [1.54, 1.807) is 6.20 Å². The third kappa shape index (κ3) is 1.50. The summed E-state index contributed by atoms with van der Waals surface area (Å²) >= 11 is 0. The molecule has 2 atom stereocenters. The van der Waals surface area contributed by atoms with E-state index in [1.165, 1.54) is 0 Å².